The number of esters is 1. The maximum Gasteiger partial charge on any atom is 0.384 e. The summed E-state index contributed by atoms with van der Waals surface area (Å²) in [7, 11) is 2.88. The minimum Gasteiger partial charge on any atom is -0.497 e. The molecule has 8 nitrogen and oxygen atoms in total. The van der Waals surface area contributed by atoms with Crippen LogP contribution in [0, 0.1) is 17.8 Å². The van der Waals surface area contributed by atoms with Gasteiger partial charge in [-0.1, -0.05) is 25.0 Å². The van der Waals surface area contributed by atoms with Gasteiger partial charge in [0, 0.05) is 18.3 Å². The molecule has 6 atom stereocenters. The molecular formula is C25H34O8. The van der Waals surface area contributed by atoms with Crippen LogP contribution >= 0.6 is 0 Å². The largest absolute Gasteiger partial charge is 0.497 e. The molecule has 1 aromatic rings. The van der Waals surface area contributed by atoms with Gasteiger partial charge in [-0.15, -0.1) is 0 Å². The third-order valence-electron chi connectivity index (χ3n) is 5.97. The zero-order valence-corrected chi connectivity index (χ0v) is 19.9. The quantitative estimate of drug-likeness (QED) is 0.392. The average molecular weight is 463 g/mol. The van der Waals surface area contributed by atoms with Crippen LogP contribution in [-0.4, -0.2) is 68.2 Å². The third-order valence-corrected chi connectivity index (χ3v) is 5.97. The number of ether oxygens (including phenoxy) is 6. The highest BCUT2D eigenvalue weighted by molar-refractivity contribution is 5.88. The zero-order valence-electron chi connectivity index (χ0n) is 19.9. The molecule has 8 heteroatoms. The Kier molecular flexibility index (Phi) is 8.74. The molecular weight excluding hydrogens is 428 g/mol. The minimum atomic E-state index is -0.776. The van der Waals surface area contributed by atoms with Crippen molar-refractivity contribution in [3.8, 4) is 17.6 Å². The Hall–Kier alpha value is -2.15. The predicted molar refractivity (Wildman–Crippen MR) is 119 cm³/mol. The van der Waals surface area contributed by atoms with Crippen LogP contribution in [-0.2, 0) is 35.1 Å². The zero-order chi connectivity index (χ0) is 24.0. The summed E-state index contributed by atoms with van der Waals surface area (Å²) in [5.41, 5.74) is 0.926. The van der Waals surface area contributed by atoms with Crippen LogP contribution in [0.2, 0.25) is 0 Å². The highest BCUT2D eigenvalue weighted by Crippen LogP contribution is 2.35. The van der Waals surface area contributed by atoms with Crippen LogP contribution in [0.1, 0.15) is 39.2 Å². The van der Waals surface area contributed by atoms with E-state index >= 15 is 0 Å². The molecule has 2 fully saturated rings. The van der Waals surface area contributed by atoms with E-state index in [1.165, 1.54) is 7.11 Å². The molecule has 0 saturated carbocycles. The number of hydrogen-bond donors (Lipinski definition) is 1. The Bertz CT molecular complexity index is 840. The molecule has 0 amide bonds. The van der Waals surface area contributed by atoms with Crippen molar-refractivity contribution in [1.82, 2.24) is 0 Å². The topological polar surface area (TPSA) is 92.7 Å². The maximum atomic E-state index is 11.6. The van der Waals surface area contributed by atoms with Gasteiger partial charge in [0.05, 0.1) is 51.8 Å². The third kappa shape index (κ3) is 6.92. The second-order valence-electron chi connectivity index (χ2n) is 8.84. The second kappa shape index (κ2) is 11.3. The first kappa shape index (κ1) is 25.5. The molecule has 2 aliphatic heterocycles. The van der Waals surface area contributed by atoms with Crippen molar-refractivity contribution < 1.29 is 38.3 Å². The van der Waals surface area contributed by atoms with Gasteiger partial charge < -0.3 is 33.5 Å². The van der Waals surface area contributed by atoms with E-state index in [0.717, 1.165) is 11.3 Å². The van der Waals surface area contributed by atoms with Crippen molar-refractivity contribution >= 4 is 5.97 Å². The van der Waals surface area contributed by atoms with Crippen molar-refractivity contribution in [2.75, 3.05) is 20.8 Å². The fourth-order valence-corrected chi connectivity index (χ4v) is 4.16. The number of aliphatic hydroxyl groups excluding tert-OH is 1. The summed E-state index contributed by atoms with van der Waals surface area (Å²) in [4.78, 5) is 11.6. The molecule has 1 N–H and O–H groups in total. The van der Waals surface area contributed by atoms with Crippen LogP contribution in [0.25, 0.3) is 0 Å². The number of fused-ring (bicyclic) bond motifs is 1. The summed E-state index contributed by atoms with van der Waals surface area (Å²) < 4.78 is 34.0. The van der Waals surface area contributed by atoms with Crippen molar-refractivity contribution in [3.05, 3.63) is 29.8 Å². The molecule has 1 aromatic carbocycles. The fraction of sp³-hybridized carbons (Fsp3) is 0.640. The van der Waals surface area contributed by atoms with E-state index in [1.807, 2.05) is 45.0 Å². The monoisotopic (exact) mass is 462 g/mol. The second-order valence-corrected chi connectivity index (χ2v) is 8.84. The van der Waals surface area contributed by atoms with Crippen LogP contribution in [0.5, 0.6) is 5.75 Å². The van der Waals surface area contributed by atoms with E-state index in [4.69, 9.17) is 23.7 Å². The molecule has 3 rings (SSSR count). The van der Waals surface area contributed by atoms with E-state index in [-0.39, 0.29) is 24.7 Å². The first-order valence-electron chi connectivity index (χ1n) is 11.2. The molecule has 2 saturated heterocycles. The molecule has 2 heterocycles. The van der Waals surface area contributed by atoms with Crippen molar-refractivity contribution in [2.45, 2.75) is 76.5 Å². The number of aliphatic hydroxyl groups is 1. The number of rotatable bonds is 6. The molecule has 0 aliphatic carbocycles. The fourth-order valence-electron chi connectivity index (χ4n) is 4.16. The normalized spacial score (nSPS) is 28.3. The summed E-state index contributed by atoms with van der Waals surface area (Å²) in [5.74, 6) is 4.37. The Morgan fingerprint density at radius 3 is 2.64 bits per heavy atom. The lowest BCUT2D eigenvalue weighted by Gasteiger charge is -2.43. The van der Waals surface area contributed by atoms with E-state index in [2.05, 4.69) is 16.6 Å². The van der Waals surface area contributed by atoms with E-state index in [9.17, 15) is 9.90 Å². The molecule has 33 heavy (non-hydrogen) atoms. The molecule has 182 valence electrons. The minimum absolute atomic E-state index is 0.210. The smallest absolute Gasteiger partial charge is 0.384 e. The van der Waals surface area contributed by atoms with Gasteiger partial charge in [0.1, 0.15) is 11.9 Å². The lowest BCUT2D eigenvalue weighted by molar-refractivity contribution is -0.263. The van der Waals surface area contributed by atoms with E-state index in [0.29, 0.717) is 19.4 Å². The number of hydrogen-bond acceptors (Lipinski definition) is 8. The van der Waals surface area contributed by atoms with Crippen molar-refractivity contribution in [2.24, 2.45) is 5.92 Å². The van der Waals surface area contributed by atoms with Gasteiger partial charge in [-0.05, 0) is 38.0 Å². The average Bonchev–Trinajstić information content (AvgIpc) is 2.94. The molecule has 0 aromatic heterocycles. The van der Waals surface area contributed by atoms with E-state index in [1.54, 1.807) is 7.11 Å². The lowest BCUT2D eigenvalue weighted by Crippen LogP contribution is -2.53. The Morgan fingerprint density at radius 1 is 1.24 bits per heavy atom. The number of benzene rings is 1. The van der Waals surface area contributed by atoms with Gasteiger partial charge in [0.15, 0.2) is 5.79 Å². The highest BCUT2D eigenvalue weighted by atomic mass is 16.7. The molecule has 0 radical (unpaired) electrons. The number of methoxy groups -OCH3 is 2. The first-order chi connectivity index (χ1) is 15.7. The standard InChI is InChI=1S/C25H34O8/c1-16(24-19(26)14-22-21(32-24)12-13-31-25(2,3)33-22)20(10-11-23(27)29-5)30-15-17-6-8-18(28-4)9-7-17/h6-9,16,19-22,24,26H,12-15H2,1-5H3/t16-,19+,20-,21-,22-,24+/m1/s1. The maximum absolute atomic E-state index is 11.6. The summed E-state index contributed by atoms with van der Waals surface area (Å²) in [5, 5.41) is 10.9. The predicted octanol–water partition coefficient (Wildman–Crippen LogP) is 2.45. The van der Waals surface area contributed by atoms with Gasteiger partial charge in [0.25, 0.3) is 0 Å². The van der Waals surface area contributed by atoms with Crippen molar-refractivity contribution in [1.29, 1.82) is 0 Å². The summed E-state index contributed by atoms with van der Waals surface area (Å²) in [6, 6.07) is 7.49. The summed E-state index contributed by atoms with van der Waals surface area (Å²) in [6.45, 7) is 6.40. The Morgan fingerprint density at radius 2 is 1.97 bits per heavy atom. The van der Waals surface area contributed by atoms with Crippen LogP contribution < -0.4 is 4.74 Å². The molecule has 0 unspecified atom stereocenters. The van der Waals surface area contributed by atoms with Crippen LogP contribution in [0.4, 0.5) is 0 Å². The molecule has 0 bridgehead atoms. The van der Waals surface area contributed by atoms with Crippen LogP contribution in [0.15, 0.2) is 24.3 Å². The summed E-state index contributed by atoms with van der Waals surface area (Å²) in [6.07, 6.45) is -1.37. The molecule has 2 aliphatic rings. The first-order valence-corrected chi connectivity index (χ1v) is 11.2. The Labute approximate surface area is 195 Å². The van der Waals surface area contributed by atoms with E-state index < -0.39 is 30.1 Å². The van der Waals surface area contributed by atoms with Crippen LogP contribution in [0.3, 0.4) is 0 Å². The SMILES string of the molecule is COC(=O)C#C[C@@H](OCc1ccc(OC)cc1)[C@@H](C)[C@@H]1O[C@@H]2CCOC(C)(C)O[C@@H]2C[C@@H]1O. The van der Waals surface area contributed by atoms with Crippen molar-refractivity contribution in [3.63, 3.8) is 0 Å². The number of carbonyl (C=O) groups excluding carboxylic acids is 1. The van der Waals surface area contributed by atoms with Gasteiger partial charge in [-0.3, -0.25) is 0 Å². The van der Waals surface area contributed by atoms with Gasteiger partial charge in [0.2, 0.25) is 0 Å². The molecule has 0 spiro atoms. The number of carbonyl (C=O) groups is 1. The van der Waals surface area contributed by atoms with Gasteiger partial charge in [-0.2, -0.15) is 0 Å². The lowest BCUT2D eigenvalue weighted by atomic mass is 9.87. The van der Waals surface area contributed by atoms with Gasteiger partial charge in [-0.25, -0.2) is 4.79 Å². The highest BCUT2D eigenvalue weighted by Gasteiger charge is 2.45. The Balaban J connectivity index is 1.73. The summed E-state index contributed by atoms with van der Waals surface area (Å²) >= 11 is 0. The van der Waals surface area contributed by atoms with Gasteiger partial charge >= 0.3 is 5.97 Å².